The van der Waals surface area contributed by atoms with Gasteiger partial charge in [0.15, 0.2) is 0 Å². The van der Waals surface area contributed by atoms with Crippen molar-refractivity contribution >= 4 is 28.1 Å². The van der Waals surface area contributed by atoms with E-state index in [0.29, 0.717) is 37.4 Å². The Labute approximate surface area is 228 Å². The van der Waals surface area contributed by atoms with E-state index in [1.165, 1.54) is 26.8 Å². The normalized spacial score (nSPS) is 16.1. The fourth-order valence-electron chi connectivity index (χ4n) is 5.28. The van der Waals surface area contributed by atoms with Crippen LogP contribution in [-0.4, -0.2) is 44.2 Å². The van der Waals surface area contributed by atoms with Gasteiger partial charge in [-0.25, -0.2) is 9.18 Å². The van der Waals surface area contributed by atoms with Crippen molar-refractivity contribution in [3.63, 3.8) is 0 Å². The molecule has 10 nitrogen and oxygen atoms in total. The van der Waals surface area contributed by atoms with Gasteiger partial charge >= 0.3 is 5.69 Å². The first-order valence-corrected chi connectivity index (χ1v) is 13.2. The molecule has 0 spiro atoms. The smallest absolute Gasteiger partial charge is 0.336 e. The SMILES string of the molecule is Cc1ccc(Nc2c3c(=O)n(C4CC4)c(=O)n(-c4cccc(NC5(CO)COC5)c4)c3c(C)c(=O)n2C)c(F)c1. The van der Waals surface area contributed by atoms with Crippen LogP contribution in [0.25, 0.3) is 16.6 Å². The number of aliphatic hydroxyl groups excluding tert-OH is 1. The van der Waals surface area contributed by atoms with Crippen LogP contribution < -0.4 is 27.4 Å². The molecule has 1 saturated heterocycles. The molecular formula is C29H30FN5O5. The second-order valence-corrected chi connectivity index (χ2v) is 10.8. The number of aromatic nitrogens is 3. The van der Waals surface area contributed by atoms with E-state index in [2.05, 4.69) is 10.6 Å². The van der Waals surface area contributed by atoms with Crippen LogP contribution in [0.1, 0.15) is 30.0 Å². The highest BCUT2D eigenvalue weighted by Crippen LogP contribution is 2.34. The summed E-state index contributed by atoms with van der Waals surface area (Å²) in [4.78, 5) is 41.4. The van der Waals surface area contributed by atoms with Crippen molar-refractivity contribution in [1.29, 1.82) is 0 Å². The number of aliphatic hydroxyl groups is 1. The van der Waals surface area contributed by atoms with Crippen LogP contribution in [0.15, 0.2) is 56.8 Å². The summed E-state index contributed by atoms with van der Waals surface area (Å²) >= 11 is 0. The summed E-state index contributed by atoms with van der Waals surface area (Å²) in [6, 6.07) is 11.4. The lowest BCUT2D eigenvalue weighted by atomic mass is 9.98. The zero-order chi connectivity index (χ0) is 28.3. The molecule has 2 fully saturated rings. The van der Waals surface area contributed by atoms with Crippen LogP contribution in [0.3, 0.4) is 0 Å². The molecular weight excluding hydrogens is 517 g/mol. The van der Waals surface area contributed by atoms with Gasteiger partial charge in [-0.1, -0.05) is 12.1 Å². The van der Waals surface area contributed by atoms with E-state index in [1.807, 2.05) is 6.07 Å². The van der Waals surface area contributed by atoms with Crippen molar-refractivity contribution in [2.45, 2.75) is 38.3 Å². The maximum absolute atomic E-state index is 14.9. The van der Waals surface area contributed by atoms with Crippen LogP contribution in [0, 0.1) is 19.7 Å². The molecule has 0 atom stereocenters. The lowest BCUT2D eigenvalue weighted by Crippen LogP contribution is -2.58. The van der Waals surface area contributed by atoms with E-state index < -0.39 is 28.2 Å². The topological polar surface area (TPSA) is 120 Å². The molecule has 3 N–H and O–H groups in total. The average Bonchev–Trinajstić information content (AvgIpc) is 3.74. The second kappa shape index (κ2) is 9.46. The molecule has 40 heavy (non-hydrogen) atoms. The molecule has 2 aromatic carbocycles. The minimum atomic E-state index is -0.625. The third-order valence-corrected chi connectivity index (χ3v) is 7.71. The van der Waals surface area contributed by atoms with E-state index in [9.17, 15) is 23.9 Å². The summed E-state index contributed by atoms with van der Waals surface area (Å²) in [5, 5.41) is 16.3. The molecule has 208 valence electrons. The van der Waals surface area contributed by atoms with Crippen molar-refractivity contribution in [2.75, 3.05) is 30.5 Å². The maximum Gasteiger partial charge on any atom is 0.336 e. The van der Waals surface area contributed by atoms with E-state index >= 15 is 0 Å². The molecule has 2 aromatic heterocycles. The summed E-state index contributed by atoms with van der Waals surface area (Å²) in [7, 11) is 1.51. The average molecular weight is 548 g/mol. The Morgan fingerprint density at radius 3 is 2.45 bits per heavy atom. The van der Waals surface area contributed by atoms with Gasteiger partial charge in [0.2, 0.25) is 0 Å². The highest BCUT2D eigenvalue weighted by atomic mass is 19.1. The maximum atomic E-state index is 14.9. The fourth-order valence-corrected chi connectivity index (χ4v) is 5.28. The van der Waals surface area contributed by atoms with Gasteiger partial charge in [-0.05, 0) is 62.6 Å². The first-order valence-electron chi connectivity index (χ1n) is 13.2. The van der Waals surface area contributed by atoms with E-state index in [4.69, 9.17) is 4.74 Å². The van der Waals surface area contributed by atoms with Crippen LogP contribution in [0.4, 0.5) is 21.6 Å². The Morgan fingerprint density at radius 2 is 1.82 bits per heavy atom. The minimum Gasteiger partial charge on any atom is -0.394 e. The number of fused-ring (bicyclic) bond motifs is 1. The molecule has 0 radical (unpaired) electrons. The molecule has 4 aromatic rings. The number of anilines is 3. The van der Waals surface area contributed by atoms with Gasteiger partial charge in [0.1, 0.15) is 22.6 Å². The zero-order valence-corrected chi connectivity index (χ0v) is 22.5. The lowest BCUT2D eigenvalue weighted by Gasteiger charge is -2.41. The Hall–Kier alpha value is -4.22. The van der Waals surface area contributed by atoms with E-state index in [-0.39, 0.29) is 40.6 Å². The number of hydrogen-bond acceptors (Lipinski definition) is 7. The number of benzene rings is 2. The first kappa shape index (κ1) is 26.0. The van der Waals surface area contributed by atoms with E-state index in [1.54, 1.807) is 44.2 Å². The minimum absolute atomic E-state index is 0.0987. The Balaban J connectivity index is 1.64. The number of nitrogens with one attached hydrogen (secondary N) is 2. The van der Waals surface area contributed by atoms with Crippen molar-refractivity contribution in [3.8, 4) is 5.69 Å². The largest absolute Gasteiger partial charge is 0.394 e. The quantitative estimate of drug-likeness (QED) is 0.326. The molecule has 0 amide bonds. The van der Waals surface area contributed by atoms with E-state index in [0.717, 1.165) is 5.56 Å². The van der Waals surface area contributed by atoms with Crippen LogP contribution in [0.2, 0.25) is 0 Å². The fraction of sp³-hybridized carbons (Fsp3) is 0.345. The monoisotopic (exact) mass is 547 g/mol. The summed E-state index contributed by atoms with van der Waals surface area (Å²) in [5.41, 5.74) is 0.126. The standard InChI is InChI=1S/C29H30FN5O5/c1-16-7-10-22(21(30)11-16)31-25-23-24(17(2)26(37)33(25)3)34(28(39)35(27(23)38)19-8-9-19)20-6-4-5-18(12-20)32-29(13-36)14-40-15-29/h4-7,10-12,19,31-32,36H,8-9,13-15H2,1-3H3. The number of aryl methyl sites for hydroxylation is 2. The number of halogens is 1. The van der Waals surface area contributed by atoms with Crippen LogP contribution >= 0.6 is 0 Å². The molecule has 2 aliphatic rings. The number of hydrogen-bond donors (Lipinski definition) is 3. The van der Waals surface area contributed by atoms with Gasteiger partial charge in [-0.2, -0.15) is 0 Å². The van der Waals surface area contributed by atoms with Crippen molar-refractivity contribution < 1.29 is 14.2 Å². The zero-order valence-electron chi connectivity index (χ0n) is 22.5. The number of nitrogens with zero attached hydrogens (tertiary/aromatic N) is 3. The van der Waals surface area contributed by atoms with Gasteiger partial charge in [-0.3, -0.25) is 23.3 Å². The van der Waals surface area contributed by atoms with Crippen molar-refractivity contribution in [3.05, 3.63) is 90.6 Å². The highest BCUT2D eigenvalue weighted by molar-refractivity contribution is 5.93. The molecule has 1 saturated carbocycles. The lowest BCUT2D eigenvalue weighted by molar-refractivity contribution is -0.0650. The predicted molar refractivity (Wildman–Crippen MR) is 151 cm³/mol. The predicted octanol–water partition coefficient (Wildman–Crippen LogP) is 2.86. The van der Waals surface area contributed by atoms with Gasteiger partial charge in [0.05, 0.1) is 36.7 Å². The highest BCUT2D eigenvalue weighted by Gasteiger charge is 2.38. The second-order valence-electron chi connectivity index (χ2n) is 10.8. The first-order chi connectivity index (χ1) is 19.1. The molecule has 1 aliphatic carbocycles. The number of pyridine rings is 1. The third kappa shape index (κ3) is 4.13. The number of rotatable bonds is 7. The summed E-state index contributed by atoms with van der Waals surface area (Å²) < 4.78 is 24.1. The number of ether oxygens (including phenoxy) is 1. The Bertz CT molecular complexity index is 1840. The summed E-state index contributed by atoms with van der Waals surface area (Å²) in [6.07, 6.45) is 1.36. The third-order valence-electron chi connectivity index (χ3n) is 7.71. The molecule has 11 heteroatoms. The molecule has 0 bridgehead atoms. The van der Waals surface area contributed by atoms with Gasteiger partial charge in [0, 0.05) is 24.3 Å². The van der Waals surface area contributed by atoms with Crippen molar-refractivity contribution in [1.82, 2.24) is 13.7 Å². The van der Waals surface area contributed by atoms with Gasteiger partial charge in [-0.15, -0.1) is 0 Å². The Kier molecular flexibility index (Phi) is 6.15. The van der Waals surface area contributed by atoms with Gasteiger partial charge in [0.25, 0.3) is 11.1 Å². The van der Waals surface area contributed by atoms with Gasteiger partial charge < -0.3 is 20.5 Å². The van der Waals surface area contributed by atoms with Crippen molar-refractivity contribution in [2.24, 2.45) is 7.05 Å². The summed E-state index contributed by atoms with van der Waals surface area (Å²) in [6.45, 7) is 3.88. The Morgan fingerprint density at radius 1 is 1.07 bits per heavy atom. The van der Waals surface area contributed by atoms with Crippen LogP contribution in [-0.2, 0) is 11.8 Å². The van der Waals surface area contributed by atoms with Crippen LogP contribution in [0.5, 0.6) is 0 Å². The molecule has 3 heterocycles. The summed E-state index contributed by atoms with van der Waals surface area (Å²) in [5.74, 6) is -0.435. The molecule has 0 unspecified atom stereocenters. The molecule has 6 rings (SSSR count). The molecule has 1 aliphatic heterocycles.